The highest BCUT2D eigenvalue weighted by atomic mass is 35.5. The van der Waals surface area contributed by atoms with Gasteiger partial charge in [-0.1, -0.05) is 29.8 Å². The second kappa shape index (κ2) is 11.0. The molecule has 0 spiro atoms. The molecule has 0 atom stereocenters. The van der Waals surface area contributed by atoms with Crippen LogP contribution in [-0.2, 0) is 10.0 Å². The molecule has 3 aromatic rings. The van der Waals surface area contributed by atoms with Crippen LogP contribution in [0.25, 0.3) is 12.2 Å². The summed E-state index contributed by atoms with van der Waals surface area (Å²) in [6.45, 7) is 0. The minimum absolute atomic E-state index is 0.0311. The fourth-order valence-electron chi connectivity index (χ4n) is 3.78. The molecular formula is C24H27ClN6O3S. The van der Waals surface area contributed by atoms with Crippen molar-refractivity contribution in [1.82, 2.24) is 15.0 Å². The van der Waals surface area contributed by atoms with Crippen molar-refractivity contribution in [2.24, 2.45) is 5.73 Å². The number of benzene rings is 1. The second-order valence-corrected chi connectivity index (χ2v) is 10.3. The van der Waals surface area contributed by atoms with Crippen LogP contribution in [0.15, 0.2) is 53.7 Å². The first kappa shape index (κ1) is 24.9. The first-order valence-corrected chi connectivity index (χ1v) is 13.0. The lowest BCUT2D eigenvalue weighted by Gasteiger charge is -2.26. The molecule has 1 aliphatic rings. The van der Waals surface area contributed by atoms with E-state index in [1.54, 1.807) is 42.7 Å². The van der Waals surface area contributed by atoms with Crippen LogP contribution < -0.4 is 20.5 Å². The normalized spacial score (nSPS) is 18.4. The van der Waals surface area contributed by atoms with Crippen LogP contribution in [0.3, 0.4) is 0 Å². The average molecular weight is 515 g/mol. The number of nitrogens with two attached hydrogens (primary N) is 1. The van der Waals surface area contributed by atoms with Crippen molar-refractivity contribution in [3.8, 4) is 5.88 Å². The van der Waals surface area contributed by atoms with Gasteiger partial charge in [0.2, 0.25) is 11.8 Å². The van der Waals surface area contributed by atoms with Crippen LogP contribution >= 0.6 is 11.6 Å². The fraction of sp³-hybridized carbons (Fsp3) is 0.292. The van der Waals surface area contributed by atoms with Gasteiger partial charge in [0.1, 0.15) is 10.7 Å². The topological polar surface area (TPSA) is 132 Å². The van der Waals surface area contributed by atoms with Gasteiger partial charge in [-0.15, -0.1) is 0 Å². The highest BCUT2D eigenvalue weighted by molar-refractivity contribution is 7.92. The smallest absolute Gasteiger partial charge is 0.264 e. The summed E-state index contributed by atoms with van der Waals surface area (Å²) in [5.74, 6) is 0.966. The van der Waals surface area contributed by atoms with E-state index in [9.17, 15) is 8.42 Å². The Hall–Kier alpha value is -3.21. The van der Waals surface area contributed by atoms with Gasteiger partial charge in [0.05, 0.1) is 12.1 Å². The minimum atomic E-state index is -3.90. The van der Waals surface area contributed by atoms with Gasteiger partial charge in [-0.25, -0.2) is 18.4 Å². The molecule has 1 fully saturated rings. The van der Waals surface area contributed by atoms with Crippen LogP contribution in [0.4, 0.5) is 11.8 Å². The average Bonchev–Trinajstić information content (AvgIpc) is 2.85. The van der Waals surface area contributed by atoms with Crippen molar-refractivity contribution >= 4 is 45.5 Å². The number of hydrogen-bond donors (Lipinski definition) is 3. The molecular weight excluding hydrogens is 488 g/mol. The van der Waals surface area contributed by atoms with E-state index in [4.69, 9.17) is 22.1 Å². The summed E-state index contributed by atoms with van der Waals surface area (Å²) in [7, 11) is -2.44. The predicted octanol–water partition coefficient (Wildman–Crippen LogP) is 4.19. The van der Waals surface area contributed by atoms with Crippen molar-refractivity contribution in [2.45, 2.75) is 42.7 Å². The van der Waals surface area contributed by atoms with Crippen molar-refractivity contribution in [3.05, 3.63) is 64.9 Å². The van der Waals surface area contributed by atoms with E-state index in [-0.39, 0.29) is 21.6 Å². The Balaban J connectivity index is 1.43. The molecule has 35 heavy (non-hydrogen) atoms. The Labute approximate surface area is 209 Å². The van der Waals surface area contributed by atoms with E-state index in [1.807, 2.05) is 6.08 Å². The van der Waals surface area contributed by atoms with E-state index < -0.39 is 10.0 Å². The SMILES string of the molecule is COc1nc(NS(=O)(=O)c2ccccc2Cl)ccc1/C=C/c1cnc(NC2CCC(N)CC2)nc1. The summed E-state index contributed by atoms with van der Waals surface area (Å²) in [5, 5.41) is 3.49. The van der Waals surface area contributed by atoms with E-state index in [0.717, 1.165) is 31.2 Å². The zero-order chi connectivity index (χ0) is 24.8. The molecule has 4 rings (SSSR count). The van der Waals surface area contributed by atoms with Crippen molar-refractivity contribution in [2.75, 3.05) is 17.1 Å². The summed E-state index contributed by atoms with van der Waals surface area (Å²) in [6, 6.07) is 10.1. The third-order valence-electron chi connectivity index (χ3n) is 5.68. The van der Waals surface area contributed by atoms with Gasteiger partial charge in [0.15, 0.2) is 0 Å². The van der Waals surface area contributed by atoms with Gasteiger partial charge in [-0.3, -0.25) is 4.72 Å². The van der Waals surface area contributed by atoms with E-state index in [0.29, 0.717) is 23.6 Å². The van der Waals surface area contributed by atoms with Gasteiger partial charge in [0.25, 0.3) is 10.0 Å². The van der Waals surface area contributed by atoms with E-state index >= 15 is 0 Å². The number of aromatic nitrogens is 3. The molecule has 2 aromatic heterocycles. The maximum atomic E-state index is 12.7. The Morgan fingerprint density at radius 3 is 2.46 bits per heavy atom. The number of methoxy groups -OCH3 is 1. The monoisotopic (exact) mass is 514 g/mol. The van der Waals surface area contributed by atoms with Gasteiger partial charge < -0.3 is 15.8 Å². The van der Waals surface area contributed by atoms with E-state index in [1.165, 1.54) is 19.2 Å². The Morgan fingerprint density at radius 2 is 1.77 bits per heavy atom. The lowest BCUT2D eigenvalue weighted by atomic mass is 9.92. The lowest BCUT2D eigenvalue weighted by Crippen LogP contribution is -2.33. The number of nitrogens with zero attached hydrogens (tertiary/aromatic N) is 3. The molecule has 1 aliphatic carbocycles. The third-order valence-corrected chi connectivity index (χ3v) is 7.53. The number of halogens is 1. The summed E-state index contributed by atoms with van der Waals surface area (Å²) in [6.07, 6.45) is 11.1. The lowest BCUT2D eigenvalue weighted by molar-refractivity contribution is 0.397. The molecule has 0 aliphatic heterocycles. The Bertz CT molecular complexity index is 1290. The summed E-state index contributed by atoms with van der Waals surface area (Å²) in [5.41, 5.74) is 7.42. The number of anilines is 2. The van der Waals surface area contributed by atoms with Crippen LogP contribution in [0, 0.1) is 0 Å². The largest absolute Gasteiger partial charge is 0.481 e. The van der Waals surface area contributed by atoms with Gasteiger partial charge in [-0.2, -0.15) is 4.98 Å². The zero-order valence-electron chi connectivity index (χ0n) is 19.2. The first-order valence-electron chi connectivity index (χ1n) is 11.2. The van der Waals surface area contributed by atoms with Crippen LogP contribution in [0.1, 0.15) is 36.8 Å². The molecule has 4 N–H and O–H groups in total. The molecule has 1 aromatic carbocycles. The fourth-order valence-corrected chi connectivity index (χ4v) is 5.31. The maximum Gasteiger partial charge on any atom is 0.264 e. The summed E-state index contributed by atoms with van der Waals surface area (Å²) >= 11 is 6.03. The quantitative estimate of drug-likeness (QED) is 0.407. The molecule has 0 bridgehead atoms. The maximum absolute atomic E-state index is 12.7. The molecule has 9 nitrogen and oxygen atoms in total. The van der Waals surface area contributed by atoms with E-state index in [2.05, 4.69) is 25.0 Å². The molecule has 184 valence electrons. The standard InChI is InChI=1S/C24H27ClN6O3S/c1-34-23-17(8-13-22(30-23)31-35(32,33)21-5-3-2-4-20(21)25)7-6-16-14-27-24(28-15-16)29-19-11-9-18(26)10-12-19/h2-8,13-15,18-19H,9-12,26H2,1H3,(H,30,31)(H,27,28,29)/b7-6+. The molecule has 11 heteroatoms. The number of nitrogens with one attached hydrogen (secondary N) is 2. The molecule has 2 heterocycles. The van der Waals surface area contributed by atoms with Crippen molar-refractivity contribution in [3.63, 3.8) is 0 Å². The Morgan fingerprint density at radius 1 is 1.06 bits per heavy atom. The zero-order valence-corrected chi connectivity index (χ0v) is 20.8. The highest BCUT2D eigenvalue weighted by Crippen LogP contribution is 2.26. The van der Waals surface area contributed by atoms with Crippen LogP contribution in [0.5, 0.6) is 5.88 Å². The first-order chi connectivity index (χ1) is 16.8. The summed E-state index contributed by atoms with van der Waals surface area (Å²) < 4.78 is 33.1. The highest BCUT2D eigenvalue weighted by Gasteiger charge is 2.20. The number of hydrogen-bond acceptors (Lipinski definition) is 8. The molecule has 1 saturated carbocycles. The second-order valence-electron chi connectivity index (χ2n) is 8.26. The number of ether oxygens (including phenoxy) is 1. The molecule has 0 amide bonds. The minimum Gasteiger partial charge on any atom is -0.481 e. The van der Waals surface area contributed by atoms with Crippen molar-refractivity contribution < 1.29 is 13.2 Å². The molecule has 0 saturated heterocycles. The van der Waals surface area contributed by atoms with Crippen LogP contribution in [0.2, 0.25) is 5.02 Å². The van der Waals surface area contributed by atoms with Crippen LogP contribution in [-0.4, -0.2) is 42.6 Å². The van der Waals surface area contributed by atoms with Gasteiger partial charge in [-0.05, 0) is 56.0 Å². The third kappa shape index (κ3) is 6.47. The van der Waals surface area contributed by atoms with Gasteiger partial charge in [0, 0.05) is 35.6 Å². The molecule has 0 radical (unpaired) electrons. The summed E-state index contributed by atoms with van der Waals surface area (Å²) in [4.78, 5) is 13.0. The van der Waals surface area contributed by atoms with Crippen molar-refractivity contribution in [1.29, 1.82) is 0 Å². The number of sulfonamides is 1. The number of rotatable bonds is 8. The molecule has 0 unspecified atom stereocenters. The number of pyridine rings is 1. The predicted molar refractivity (Wildman–Crippen MR) is 138 cm³/mol. The van der Waals surface area contributed by atoms with Gasteiger partial charge >= 0.3 is 0 Å². The Kier molecular flexibility index (Phi) is 7.84.